The summed E-state index contributed by atoms with van der Waals surface area (Å²) >= 11 is 0. The van der Waals surface area contributed by atoms with Crippen molar-refractivity contribution in [1.82, 2.24) is 4.57 Å². The third-order valence-corrected chi connectivity index (χ3v) is 16.6. The van der Waals surface area contributed by atoms with E-state index >= 15 is 0 Å². The highest BCUT2D eigenvalue weighted by atomic mass is 15.1. The molecule has 0 radical (unpaired) electrons. The van der Waals surface area contributed by atoms with Crippen LogP contribution in [0.5, 0.6) is 0 Å². The standard InChI is InChI=1S/C71H50N2/c1-71(2)63-29-17-16-24-55(63)60-44-66-62(43-64(60)71)61-42-48(34-41-65(61)73(66)50-22-10-5-11-23-50)54-40-39-53(69-67-56-25-12-14-27-58(56)68(70(54)69)59-28-15-13-26-57(59)67)47-32-37-52(38-33-47)72(49-20-8-4-9-21-49)51-35-30-46(31-36-51)45-18-6-3-7-19-45/h3-44,67-68H,1-2H3. The molecule has 2 bridgehead atoms. The number of anilines is 3. The average molecular weight is 931 g/mol. The van der Waals surface area contributed by atoms with Gasteiger partial charge in [-0.25, -0.2) is 0 Å². The molecule has 1 aromatic heterocycles. The summed E-state index contributed by atoms with van der Waals surface area (Å²) in [6, 6.07) is 95.2. The van der Waals surface area contributed by atoms with Gasteiger partial charge in [0, 0.05) is 50.8 Å². The van der Waals surface area contributed by atoms with Crippen LogP contribution in [0.1, 0.15) is 70.2 Å². The highest BCUT2D eigenvalue weighted by Crippen LogP contribution is 2.60. The number of nitrogens with zero attached hydrogens (tertiary/aromatic N) is 2. The molecule has 2 nitrogen and oxygen atoms in total. The molecule has 0 spiro atoms. The van der Waals surface area contributed by atoms with Gasteiger partial charge >= 0.3 is 0 Å². The Morgan fingerprint density at radius 1 is 0.329 bits per heavy atom. The molecular formula is C71H50N2. The maximum absolute atomic E-state index is 2.52. The van der Waals surface area contributed by atoms with Crippen LogP contribution in [0.15, 0.2) is 255 Å². The first-order valence-electron chi connectivity index (χ1n) is 25.7. The zero-order valence-electron chi connectivity index (χ0n) is 40.8. The van der Waals surface area contributed by atoms with Crippen LogP contribution in [0.3, 0.4) is 0 Å². The molecule has 0 amide bonds. The monoisotopic (exact) mass is 930 g/mol. The number of para-hydroxylation sites is 2. The van der Waals surface area contributed by atoms with E-state index in [0.717, 1.165) is 17.1 Å². The lowest BCUT2D eigenvalue weighted by Crippen LogP contribution is -2.28. The van der Waals surface area contributed by atoms with Crippen LogP contribution >= 0.6 is 0 Å². The molecule has 4 aliphatic carbocycles. The van der Waals surface area contributed by atoms with Crippen molar-refractivity contribution in [2.75, 3.05) is 4.90 Å². The third-order valence-electron chi connectivity index (χ3n) is 16.6. The largest absolute Gasteiger partial charge is 0.311 e. The molecule has 0 aliphatic heterocycles. The van der Waals surface area contributed by atoms with E-state index < -0.39 is 0 Å². The van der Waals surface area contributed by atoms with Gasteiger partial charge in [-0.2, -0.15) is 0 Å². The third kappa shape index (κ3) is 6.23. The Morgan fingerprint density at radius 3 is 1.41 bits per heavy atom. The molecule has 1 heterocycles. The first-order chi connectivity index (χ1) is 36.0. The van der Waals surface area contributed by atoms with Crippen LogP contribution < -0.4 is 4.90 Å². The summed E-state index contributed by atoms with van der Waals surface area (Å²) in [5.41, 5.74) is 28.4. The quantitative estimate of drug-likeness (QED) is 0.155. The number of fused-ring (bicyclic) bond motifs is 6. The minimum absolute atomic E-state index is 0.0954. The fourth-order valence-electron chi connectivity index (χ4n) is 13.3. The van der Waals surface area contributed by atoms with Crippen molar-refractivity contribution in [1.29, 1.82) is 0 Å². The molecule has 0 unspecified atom stereocenters. The Balaban J connectivity index is 0.916. The highest BCUT2D eigenvalue weighted by molar-refractivity contribution is 6.13. The van der Waals surface area contributed by atoms with Crippen LogP contribution in [-0.2, 0) is 5.41 Å². The van der Waals surface area contributed by atoms with Crippen molar-refractivity contribution < 1.29 is 0 Å². The molecule has 344 valence electrons. The van der Waals surface area contributed by atoms with Crippen LogP contribution in [-0.4, -0.2) is 4.57 Å². The van der Waals surface area contributed by atoms with E-state index in [9.17, 15) is 0 Å². The average Bonchev–Trinajstić information content (AvgIpc) is 3.89. The zero-order valence-corrected chi connectivity index (χ0v) is 40.8. The van der Waals surface area contributed by atoms with Gasteiger partial charge in [0.15, 0.2) is 0 Å². The van der Waals surface area contributed by atoms with Crippen LogP contribution in [0.2, 0.25) is 0 Å². The molecule has 4 aliphatic rings. The van der Waals surface area contributed by atoms with Gasteiger partial charge in [0.25, 0.3) is 0 Å². The summed E-state index contributed by atoms with van der Waals surface area (Å²) in [6.45, 7) is 4.78. The van der Waals surface area contributed by atoms with Gasteiger partial charge in [-0.05, 0) is 162 Å². The molecular weight excluding hydrogens is 881 g/mol. The second kappa shape index (κ2) is 16.0. The van der Waals surface area contributed by atoms with Crippen molar-refractivity contribution in [3.05, 3.63) is 299 Å². The first-order valence-corrected chi connectivity index (χ1v) is 25.7. The van der Waals surface area contributed by atoms with E-state index in [2.05, 4.69) is 278 Å². The first kappa shape index (κ1) is 41.8. The number of hydrogen-bond donors (Lipinski definition) is 0. The van der Waals surface area contributed by atoms with Crippen LogP contribution in [0.4, 0.5) is 17.1 Å². The van der Waals surface area contributed by atoms with Crippen molar-refractivity contribution in [3.8, 4) is 50.2 Å². The van der Waals surface area contributed by atoms with Crippen LogP contribution in [0, 0.1) is 0 Å². The highest BCUT2D eigenvalue weighted by Gasteiger charge is 2.44. The predicted molar refractivity (Wildman–Crippen MR) is 304 cm³/mol. The lowest BCUT2D eigenvalue weighted by Gasteiger charge is -2.44. The Hall–Kier alpha value is -8.98. The van der Waals surface area contributed by atoms with Gasteiger partial charge in [-0.3, -0.25) is 0 Å². The smallest absolute Gasteiger partial charge is 0.0547 e. The summed E-state index contributed by atoms with van der Waals surface area (Å²) in [5.74, 6) is 0.194. The summed E-state index contributed by atoms with van der Waals surface area (Å²) in [7, 11) is 0. The normalized spacial score (nSPS) is 15.4. The van der Waals surface area contributed by atoms with Gasteiger partial charge in [0.1, 0.15) is 0 Å². The maximum Gasteiger partial charge on any atom is 0.0547 e. The minimum Gasteiger partial charge on any atom is -0.311 e. The van der Waals surface area contributed by atoms with E-state index in [1.807, 2.05) is 0 Å². The Kier molecular flexibility index (Phi) is 9.16. The maximum atomic E-state index is 2.52. The lowest BCUT2D eigenvalue weighted by molar-refractivity contribution is 0.661. The molecule has 0 saturated heterocycles. The number of aromatic nitrogens is 1. The van der Waals surface area contributed by atoms with Crippen LogP contribution in [0.25, 0.3) is 72.0 Å². The molecule has 11 aromatic carbocycles. The Morgan fingerprint density at radius 2 is 0.795 bits per heavy atom. The van der Waals surface area contributed by atoms with E-state index in [4.69, 9.17) is 0 Å². The van der Waals surface area contributed by atoms with E-state index in [0.29, 0.717) is 0 Å². The fourth-order valence-corrected chi connectivity index (χ4v) is 13.3. The summed E-state index contributed by atoms with van der Waals surface area (Å²) in [5, 5.41) is 2.57. The minimum atomic E-state index is -0.111. The summed E-state index contributed by atoms with van der Waals surface area (Å²) < 4.78 is 2.48. The second-order valence-corrected chi connectivity index (χ2v) is 20.7. The van der Waals surface area contributed by atoms with Crippen molar-refractivity contribution in [2.24, 2.45) is 0 Å². The lowest BCUT2D eigenvalue weighted by atomic mass is 9.58. The van der Waals surface area contributed by atoms with Gasteiger partial charge < -0.3 is 9.47 Å². The molecule has 12 aromatic rings. The molecule has 0 fully saturated rings. The van der Waals surface area contributed by atoms with Gasteiger partial charge in [0.2, 0.25) is 0 Å². The van der Waals surface area contributed by atoms with Gasteiger partial charge in [-0.1, -0.05) is 196 Å². The van der Waals surface area contributed by atoms with E-state index in [1.54, 1.807) is 0 Å². The number of rotatable bonds is 7. The topological polar surface area (TPSA) is 8.17 Å². The molecule has 16 rings (SSSR count). The molecule has 73 heavy (non-hydrogen) atoms. The van der Waals surface area contributed by atoms with Crippen molar-refractivity contribution in [3.63, 3.8) is 0 Å². The predicted octanol–water partition coefficient (Wildman–Crippen LogP) is 18.5. The van der Waals surface area contributed by atoms with E-state index in [-0.39, 0.29) is 17.3 Å². The number of hydrogen-bond acceptors (Lipinski definition) is 1. The van der Waals surface area contributed by atoms with E-state index in [1.165, 1.54) is 117 Å². The SMILES string of the molecule is CC1(C)c2ccccc2-c2cc3c(cc21)c1cc(-c2ccc(-c4ccc(N(c5ccccc5)c5ccc(-c6ccccc6)cc5)cc4)c4c2C2c5ccccc5C4c4ccccc42)ccc1n3-c1ccccc1. The molecule has 0 atom stereocenters. The second-order valence-electron chi connectivity index (χ2n) is 20.7. The van der Waals surface area contributed by atoms with Crippen molar-refractivity contribution >= 4 is 38.9 Å². The summed E-state index contributed by atoms with van der Waals surface area (Å²) in [6.07, 6.45) is 0. The molecule has 2 heteroatoms. The molecule has 0 N–H and O–H groups in total. The Labute approximate surface area is 426 Å². The summed E-state index contributed by atoms with van der Waals surface area (Å²) in [4.78, 5) is 2.37. The Bertz CT molecular complexity index is 4100. The van der Waals surface area contributed by atoms with Crippen molar-refractivity contribution in [2.45, 2.75) is 31.1 Å². The number of benzene rings is 11. The van der Waals surface area contributed by atoms with Gasteiger partial charge in [-0.15, -0.1) is 0 Å². The molecule has 0 saturated carbocycles. The zero-order chi connectivity index (χ0) is 48.4. The van der Waals surface area contributed by atoms with Gasteiger partial charge in [0.05, 0.1) is 11.0 Å². The fraction of sp³-hybridized carbons (Fsp3) is 0.0704.